The lowest BCUT2D eigenvalue weighted by Gasteiger charge is -2.37. The van der Waals surface area contributed by atoms with Crippen LogP contribution in [0.25, 0.3) is 0 Å². The van der Waals surface area contributed by atoms with Gasteiger partial charge in [-0.05, 0) is 37.2 Å². The van der Waals surface area contributed by atoms with Crippen LogP contribution in [-0.4, -0.2) is 13.8 Å². The van der Waals surface area contributed by atoms with Crippen LogP contribution in [0, 0.1) is 5.92 Å². The largest absolute Gasteiger partial charge is 0.342 e. The maximum Gasteiger partial charge on any atom is 0.252 e. The molecule has 1 N–H and O–H groups in total. The number of hydrogen-bond donors (Lipinski definition) is 1. The van der Waals surface area contributed by atoms with E-state index in [1.54, 1.807) is 0 Å². The van der Waals surface area contributed by atoms with E-state index in [4.69, 9.17) is 0 Å². The SMILES string of the molecule is Bc1ccc2c(c1)C(=O)NC21CCC(C)CC1. The van der Waals surface area contributed by atoms with Gasteiger partial charge in [0.2, 0.25) is 0 Å². The lowest BCUT2D eigenvalue weighted by Crippen LogP contribution is -2.42. The zero-order chi connectivity index (χ0) is 12.0. The molecular weight excluding hydrogens is 209 g/mol. The molecule has 17 heavy (non-hydrogen) atoms. The van der Waals surface area contributed by atoms with Gasteiger partial charge in [-0.3, -0.25) is 4.79 Å². The van der Waals surface area contributed by atoms with E-state index in [9.17, 15) is 4.79 Å². The molecule has 1 aromatic rings. The molecule has 2 nitrogen and oxygen atoms in total. The minimum absolute atomic E-state index is 0.0490. The first-order valence-electron chi connectivity index (χ1n) is 6.54. The zero-order valence-corrected chi connectivity index (χ0v) is 10.5. The van der Waals surface area contributed by atoms with Crippen molar-refractivity contribution >= 4 is 19.2 Å². The number of nitrogens with one attached hydrogen (secondary N) is 1. The third kappa shape index (κ3) is 1.60. The van der Waals surface area contributed by atoms with E-state index >= 15 is 0 Å². The minimum atomic E-state index is -0.0490. The number of carbonyl (C=O) groups is 1. The Bertz CT molecular complexity index is 475. The first-order valence-corrected chi connectivity index (χ1v) is 6.54. The van der Waals surface area contributed by atoms with Crippen LogP contribution >= 0.6 is 0 Å². The lowest BCUT2D eigenvalue weighted by molar-refractivity contribution is 0.0898. The van der Waals surface area contributed by atoms with Crippen molar-refractivity contribution in [1.29, 1.82) is 0 Å². The maximum absolute atomic E-state index is 12.1. The van der Waals surface area contributed by atoms with E-state index in [0.29, 0.717) is 0 Å². The van der Waals surface area contributed by atoms with E-state index in [-0.39, 0.29) is 11.4 Å². The molecule has 3 rings (SSSR count). The van der Waals surface area contributed by atoms with Crippen molar-refractivity contribution in [3.05, 3.63) is 29.3 Å². The highest BCUT2D eigenvalue weighted by Gasteiger charge is 2.44. The molecule has 0 bridgehead atoms. The van der Waals surface area contributed by atoms with Crippen LogP contribution in [0.5, 0.6) is 0 Å². The Kier molecular flexibility index (Phi) is 2.32. The fourth-order valence-electron chi connectivity index (χ4n) is 3.26. The highest BCUT2D eigenvalue weighted by Crippen LogP contribution is 2.43. The van der Waals surface area contributed by atoms with Crippen LogP contribution in [0.15, 0.2) is 18.2 Å². The molecular formula is C14H18BNO. The van der Waals surface area contributed by atoms with Crippen LogP contribution in [-0.2, 0) is 5.54 Å². The number of fused-ring (bicyclic) bond motifs is 2. The van der Waals surface area contributed by atoms with Crippen LogP contribution in [0.2, 0.25) is 0 Å². The maximum atomic E-state index is 12.1. The van der Waals surface area contributed by atoms with Crippen molar-refractivity contribution in [2.75, 3.05) is 0 Å². The second-order valence-corrected chi connectivity index (χ2v) is 5.77. The highest BCUT2D eigenvalue weighted by molar-refractivity contribution is 6.32. The number of carbonyl (C=O) groups excluding carboxylic acids is 1. The summed E-state index contributed by atoms with van der Waals surface area (Å²) in [6.45, 7) is 2.31. The van der Waals surface area contributed by atoms with Gasteiger partial charge in [0.25, 0.3) is 5.91 Å². The van der Waals surface area contributed by atoms with Crippen molar-refractivity contribution in [3.8, 4) is 0 Å². The number of amides is 1. The van der Waals surface area contributed by atoms with Crippen molar-refractivity contribution in [2.24, 2.45) is 5.92 Å². The van der Waals surface area contributed by atoms with Gasteiger partial charge in [0, 0.05) is 5.56 Å². The molecule has 1 fully saturated rings. The highest BCUT2D eigenvalue weighted by atomic mass is 16.2. The van der Waals surface area contributed by atoms with E-state index in [1.165, 1.54) is 23.9 Å². The van der Waals surface area contributed by atoms with Gasteiger partial charge in [0.15, 0.2) is 0 Å². The summed E-state index contributed by atoms with van der Waals surface area (Å²) in [5.74, 6) is 0.922. The molecule has 1 aliphatic heterocycles. The van der Waals surface area contributed by atoms with Crippen molar-refractivity contribution < 1.29 is 4.79 Å². The predicted octanol–water partition coefficient (Wildman–Crippen LogP) is 1.09. The smallest absolute Gasteiger partial charge is 0.252 e. The number of hydrogen-bond acceptors (Lipinski definition) is 1. The van der Waals surface area contributed by atoms with Crippen LogP contribution in [0.4, 0.5) is 0 Å². The third-order valence-electron chi connectivity index (χ3n) is 4.42. The molecule has 0 aromatic heterocycles. The Balaban J connectivity index is 2.04. The third-order valence-corrected chi connectivity index (χ3v) is 4.42. The first kappa shape index (κ1) is 10.9. The lowest BCUT2D eigenvalue weighted by atomic mass is 9.73. The molecule has 2 aliphatic rings. The van der Waals surface area contributed by atoms with Gasteiger partial charge in [-0.2, -0.15) is 0 Å². The summed E-state index contributed by atoms with van der Waals surface area (Å²) in [5, 5.41) is 3.24. The summed E-state index contributed by atoms with van der Waals surface area (Å²) >= 11 is 0. The zero-order valence-electron chi connectivity index (χ0n) is 10.5. The van der Waals surface area contributed by atoms with Gasteiger partial charge in [-0.15, -0.1) is 0 Å². The monoisotopic (exact) mass is 227 g/mol. The van der Waals surface area contributed by atoms with E-state index in [0.717, 1.165) is 24.3 Å². The number of benzene rings is 1. The molecule has 88 valence electrons. The summed E-state index contributed by atoms with van der Waals surface area (Å²) in [6, 6.07) is 6.30. The predicted molar refractivity (Wildman–Crippen MR) is 71.4 cm³/mol. The van der Waals surface area contributed by atoms with Crippen LogP contribution < -0.4 is 10.8 Å². The Morgan fingerprint density at radius 1 is 1.35 bits per heavy atom. The molecule has 0 atom stereocenters. The minimum Gasteiger partial charge on any atom is -0.342 e. The molecule has 3 heteroatoms. The van der Waals surface area contributed by atoms with Crippen LogP contribution in [0.1, 0.15) is 48.5 Å². The average molecular weight is 227 g/mol. The van der Waals surface area contributed by atoms with Gasteiger partial charge in [0.1, 0.15) is 7.85 Å². The van der Waals surface area contributed by atoms with Crippen molar-refractivity contribution in [3.63, 3.8) is 0 Å². The quantitative estimate of drug-likeness (QED) is 0.660. The van der Waals surface area contributed by atoms with Gasteiger partial charge in [-0.25, -0.2) is 0 Å². The van der Waals surface area contributed by atoms with Crippen LogP contribution in [0.3, 0.4) is 0 Å². The molecule has 1 aliphatic carbocycles. The first-order chi connectivity index (χ1) is 8.11. The second kappa shape index (κ2) is 3.62. The van der Waals surface area contributed by atoms with E-state index in [1.807, 2.05) is 13.9 Å². The summed E-state index contributed by atoms with van der Waals surface area (Å²) in [6.07, 6.45) is 4.62. The summed E-state index contributed by atoms with van der Waals surface area (Å²) in [7, 11) is 2.04. The molecule has 1 spiro atoms. The molecule has 1 saturated carbocycles. The fourth-order valence-corrected chi connectivity index (χ4v) is 3.26. The Hall–Kier alpha value is -1.25. The van der Waals surface area contributed by atoms with Crippen molar-refractivity contribution in [1.82, 2.24) is 5.32 Å². The fraction of sp³-hybridized carbons (Fsp3) is 0.500. The molecule has 0 unspecified atom stereocenters. The van der Waals surface area contributed by atoms with Gasteiger partial charge in [0.05, 0.1) is 5.54 Å². The normalized spacial score (nSPS) is 31.4. The van der Waals surface area contributed by atoms with Crippen molar-refractivity contribution in [2.45, 2.75) is 38.1 Å². The standard InChI is InChI=1S/C14H18BNO/c1-9-4-6-14(7-5-9)12-3-2-10(15)8-11(12)13(17)16-14/h2-3,8-9H,4-7,15H2,1H3,(H,16,17). The summed E-state index contributed by atoms with van der Waals surface area (Å²) in [4.78, 5) is 12.1. The van der Waals surface area contributed by atoms with E-state index < -0.39 is 0 Å². The van der Waals surface area contributed by atoms with E-state index in [2.05, 4.69) is 24.4 Å². The molecule has 1 amide bonds. The summed E-state index contributed by atoms with van der Waals surface area (Å²) in [5.41, 5.74) is 3.26. The molecule has 1 heterocycles. The molecule has 0 radical (unpaired) electrons. The Morgan fingerprint density at radius 2 is 2.06 bits per heavy atom. The Morgan fingerprint density at radius 3 is 2.76 bits per heavy atom. The molecule has 0 saturated heterocycles. The van der Waals surface area contributed by atoms with Gasteiger partial charge in [-0.1, -0.05) is 30.6 Å². The van der Waals surface area contributed by atoms with Gasteiger partial charge >= 0.3 is 0 Å². The second-order valence-electron chi connectivity index (χ2n) is 5.77. The summed E-state index contributed by atoms with van der Waals surface area (Å²) < 4.78 is 0. The number of rotatable bonds is 0. The topological polar surface area (TPSA) is 29.1 Å². The Labute approximate surface area is 103 Å². The average Bonchev–Trinajstić information content (AvgIpc) is 2.57. The molecule has 1 aromatic carbocycles. The van der Waals surface area contributed by atoms with Gasteiger partial charge < -0.3 is 5.32 Å².